The van der Waals surface area contributed by atoms with Crippen LogP contribution in [0.4, 0.5) is 22.0 Å². The maximum absolute atomic E-state index is 13.3. The van der Waals surface area contributed by atoms with Gasteiger partial charge in [-0.2, -0.15) is 5.10 Å². The van der Waals surface area contributed by atoms with Crippen LogP contribution >= 0.6 is 0 Å². The van der Waals surface area contributed by atoms with Gasteiger partial charge >= 0.3 is 6.36 Å². The Hall–Kier alpha value is -2.98. The highest BCUT2D eigenvalue weighted by Crippen LogP contribution is 2.29. The first-order valence-electron chi connectivity index (χ1n) is 7.69. The Balaban J connectivity index is 2.06. The van der Waals surface area contributed by atoms with E-state index in [4.69, 9.17) is 0 Å². The first-order chi connectivity index (χ1) is 12.6. The molecule has 2 aromatic heterocycles. The van der Waals surface area contributed by atoms with Crippen molar-refractivity contribution in [1.29, 1.82) is 0 Å². The molecule has 0 spiro atoms. The maximum Gasteiger partial charge on any atom is 0.573 e. The van der Waals surface area contributed by atoms with Gasteiger partial charge in [0.2, 0.25) is 0 Å². The highest BCUT2D eigenvalue weighted by Gasteiger charge is 2.31. The van der Waals surface area contributed by atoms with Crippen molar-refractivity contribution in [1.82, 2.24) is 19.7 Å². The molecule has 3 aromatic rings. The van der Waals surface area contributed by atoms with Gasteiger partial charge in [-0.1, -0.05) is 12.1 Å². The molecule has 0 saturated heterocycles. The zero-order valence-corrected chi connectivity index (χ0v) is 14.0. The van der Waals surface area contributed by atoms with Gasteiger partial charge in [0.1, 0.15) is 22.7 Å². The lowest BCUT2D eigenvalue weighted by Gasteiger charge is -2.15. The van der Waals surface area contributed by atoms with Gasteiger partial charge in [-0.15, -0.1) is 13.2 Å². The van der Waals surface area contributed by atoms with Gasteiger partial charge in [-0.25, -0.2) is 18.4 Å². The van der Waals surface area contributed by atoms with Crippen molar-refractivity contribution >= 4 is 11.0 Å². The Morgan fingerprint density at radius 2 is 1.81 bits per heavy atom. The number of aromatic nitrogens is 4. The molecule has 1 aromatic carbocycles. The Labute approximate surface area is 148 Å². The molecular weight excluding hydrogens is 375 g/mol. The van der Waals surface area contributed by atoms with Crippen molar-refractivity contribution < 1.29 is 26.7 Å². The van der Waals surface area contributed by atoms with Gasteiger partial charge in [0.05, 0.1) is 6.04 Å². The van der Waals surface area contributed by atoms with Crippen LogP contribution in [0.1, 0.15) is 36.5 Å². The zero-order chi connectivity index (χ0) is 19.9. The van der Waals surface area contributed by atoms with Gasteiger partial charge in [-0.05, 0) is 31.5 Å². The Morgan fingerprint density at radius 3 is 2.37 bits per heavy atom. The van der Waals surface area contributed by atoms with Crippen LogP contribution in [0.5, 0.6) is 5.75 Å². The van der Waals surface area contributed by atoms with Crippen molar-refractivity contribution in [3.63, 3.8) is 0 Å². The molecule has 11 heteroatoms. The molecule has 0 fully saturated rings. The summed E-state index contributed by atoms with van der Waals surface area (Å²) < 4.78 is 68.3. The van der Waals surface area contributed by atoms with Crippen molar-refractivity contribution in [2.45, 2.75) is 32.7 Å². The first kappa shape index (κ1) is 18.8. The van der Waals surface area contributed by atoms with Crippen LogP contribution in [0, 0.1) is 6.92 Å². The Bertz CT molecular complexity index is 1020. The number of hydrogen-bond acceptors (Lipinski definition) is 4. The van der Waals surface area contributed by atoms with E-state index in [1.54, 1.807) is 6.92 Å². The van der Waals surface area contributed by atoms with E-state index in [9.17, 15) is 26.7 Å². The van der Waals surface area contributed by atoms with Crippen molar-refractivity contribution in [3.8, 4) is 5.75 Å². The molecule has 0 unspecified atom stereocenters. The van der Waals surface area contributed by atoms with Crippen LogP contribution < -0.4 is 10.3 Å². The fraction of sp³-hybridized carbons (Fsp3) is 0.312. The van der Waals surface area contributed by atoms with E-state index >= 15 is 0 Å². The molecule has 3 rings (SSSR count). The standard InChI is InChI=1S/C16H13F5N4O2/c1-7(9-3-5-10(6-4-9)27-16(19,20)21)25-14-11(12(24-25)13(17)18)15(26)23-8(2)22-14/h3-7,13H,1-2H3,(H,22,23,26)/t7-/m0/s1. The van der Waals surface area contributed by atoms with Crippen molar-refractivity contribution in [3.05, 3.63) is 51.7 Å². The molecule has 1 N–H and O–H groups in total. The molecular formula is C16H13F5N4O2. The summed E-state index contributed by atoms with van der Waals surface area (Å²) in [5.74, 6) is -0.196. The fourth-order valence-corrected chi connectivity index (χ4v) is 2.69. The summed E-state index contributed by atoms with van der Waals surface area (Å²) in [6.07, 6.45) is -7.81. The number of fused-ring (bicyclic) bond motifs is 1. The first-order valence-corrected chi connectivity index (χ1v) is 7.69. The summed E-state index contributed by atoms with van der Waals surface area (Å²) >= 11 is 0. The number of ether oxygens (including phenoxy) is 1. The van der Waals surface area contributed by atoms with Crippen LogP contribution in [0.2, 0.25) is 0 Å². The number of aromatic amines is 1. The third-order valence-electron chi connectivity index (χ3n) is 3.88. The fourth-order valence-electron chi connectivity index (χ4n) is 2.69. The molecule has 6 nitrogen and oxygen atoms in total. The summed E-state index contributed by atoms with van der Waals surface area (Å²) in [7, 11) is 0. The normalized spacial score (nSPS) is 13.3. The van der Waals surface area contributed by atoms with E-state index in [0.29, 0.717) is 5.56 Å². The summed E-state index contributed by atoms with van der Waals surface area (Å²) in [5, 5.41) is 3.50. The molecule has 2 heterocycles. The van der Waals surface area contributed by atoms with E-state index in [1.165, 1.54) is 19.1 Å². The van der Waals surface area contributed by atoms with Gasteiger partial charge in [0.15, 0.2) is 5.65 Å². The second kappa shape index (κ2) is 6.63. The minimum atomic E-state index is -4.82. The van der Waals surface area contributed by atoms with E-state index in [2.05, 4.69) is 19.8 Å². The third kappa shape index (κ3) is 3.76. The second-order valence-electron chi connectivity index (χ2n) is 5.77. The lowest BCUT2D eigenvalue weighted by Crippen LogP contribution is -2.17. The molecule has 0 aliphatic heterocycles. The summed E-state index contributed by atoms with van der Waals surface area (Å²) in [6.45, 7) is 3.09. The maximum atomic E-state index is 13.3. The molecule has 0 saturated carbocycles. The van der Waals surface area contributed by atoms with Crippen LogP contribution in [0.3, 0.4) is 0 Å². The molecule has 0 amide bonds. The zero-order valence-electron chi connectivity index (χ0n) is 14.0. The summed E-state index contributed by atoms with van der Waals surface area (Å²) in [5.41, 5.74) is -1.01. The minimum absolute atomic E-state index is 0.0327. The Kier molecular flexibility index (Phi) is 4.62. The number of alkyl halides is 5. The van der Waals surface area contributed by atoms with Gasteiger partial charge in [-0.3, -0.25) is 4.79 Å². The third-order valence-corrected chi connectivity index (χ3v) is 3.88. The highest BCUT2D eigenvalue weighted by atomic mass is 19.4. The van der Waals surface area contributed by atoms with E-state index in [1.807, 2.05) is 0 Å². The number of nitrogens with one attached hydrogen (secondary N) is 1. The number of nitrogens with zero attached hydrogens (tertiary/aromatic N) is 3. The number of aryl methyl sites for hydroxylation is 1. The van der Waals surface area contributed by atoms with Crippen molar-refractivity contribution in [2.75, 3.05) is 0 Å². The smallest absolute Gasteiger partial charge is 0.406 e. The van der Waals surface area contributed by atoms with E-state index < -0.39 is 35.8 Å². The number of rotatable bonds is 4. The second-order valence-corrected chi connectivity index (χ2v) is 5.77. The number of benzene rings is 1. The van der Waals surface area contributed by atoms with E-state index in [-0.39, 0.29) is 16.9 Å². The average molecular weight is 388 g/mol. The van der Waals surface area contributed by atoms with Crippen LogP contribution in [-0.2, 0) is 0 Å². The molecule has 0 bridgehead atoms. The lowest BCUT2D eigenvalue weighted by molar-refractivity contribution is -0.274. The lowest BCUT2D eigenvalue weighted by atomic mass is 10.1. The van der Waals surface area contributed by atoms with Gasteiger partial charge in [0.25, 0.3) is 12.0 Å². The molecule has 27 heavy (non-hydrogen) atoms. The Morgan fingerprint density at radius 1 is 1.19 bits per heavy atom. The van der Waals surface area contributed by atoms with E-state index in [0.717, 1.165) is 16.8 Å². The molecule has 0 radical (unpaired) electrons. The molecule has 1 atom stereocenters. The molecule has 144 valence electrons. The summed E-state index contributed by atoms with van der Waals surface area (Å²) in [4.78, 5) is 18.5. The van der Waals surface area contributed by atoms with Gasteiger partial charge < -0.3 is 9.72 Å². The van der Waals surface area contributed by atoms with Crippen molar-refractivity contribution in [2.24, 2.45) is 0 Å². The van der Waals surface area contributed by atoms with Crippen LogP contribution in [0.25, 0.3) is 11.0 Å². The number of H-pyrrole nitrogens is 1. The SMILES string of the molecule is Cc1nc2c(c(C(F)F)nn2[C@@H](C)c2ccc(OC(F)(F)F)cc2)c(=O)[nH]1. The van der Waals surface area contributed by atoms with Crippen LogP contribution in [-0.4, -0.2) is 26.1 Å². The average Bonchev–Trinajstić information content (AvgIpc) is 2.93. The summed E-state index contributed by atoms with van der Waals surface area (Å²) in [6, 6.07) is 4.23. The minimum Gasteiger partial charge on any atom is -0.406 e. The quantitative estimate of drug-likeness (QED) is 0.689. The van der Waals surface area contributed by atoms with Gasteiger partial charge in [0, 0.05) is 0 Å². The predicted octanol–water partition coefficient (Wildman–Crippen LogP) is 3.87. The number of hydrogen-bond donors (Lipinski definition) is 1. The molecule has 0 aliphatic rings. The predicted molar refractivity (Wildman–Crippen MR) is 84.8 cm³/mol. The number of halogens is 5. The largest absolute Gasteiger partial charge is 0.573 e. The van der Waals surface area contributed by atoms with Crippen LogP contribution in [0.15, 0.2) is 29.1 Å². The highest BCUT2D eigenvalue weighted by molar-refractivity contribution is 5.77. The monoisotopic (exact) mass is 388 g/mol. The topological polar surface area (TPSA) is 72.8 Å². The molecule has 0 aliphatic carbocycles.